The van der Waals surface area contributed by atoms with Crippen LogP contribution in [0.3, 0.4) is 0 Å². The summed E-state index contributed by atoms with van der Waals surface area (Å²) in [5.74, 6) is -1.13. The van der Waals surface area contributed by atoms with Gasteiger partial charge in [-0.2, -0.15) is 0 Å². The summed E-state index contributed by atoms with van der Waals surface area (Å²) in [7, 11) is 0. The van der Waals surface area contributed by atoms with Crippen molar-refractivity contribution in [3.8, 4) is 5.75 Å². The molecule has 0 aliphatic rings. The first-order valence-corrected chi connectivity index (χ1v) is 6.03. The van der Waals surface area contributed by atoms with Gasteiger partial charge in [0.1, 0.15) is 17.1 Å². The molecule has 2 aromatic rings. The first kappa shape index (κ1) is 13.7. The number of rotatable bonds is 4. The first-order valence-electron chi connectivity index (χ1n) is 6.03. The molecule has 0 spiro atoms. The average Bonchev–Trinajstić information content (AvgIpc) is 2.81. The number of ether oxygens (including phenoxy) is 1. The Morgan fingerprint density at radius 3 is 2.65 bits per heavy atom. The normalized spacial score (nSPS) is 10.2. The molecule has 6 nitrogen and oxygen atoms in total. The molecule has 0 amide bonds. The number of hydrogen-bond acceptors (Lipinski definition) is 5. The predicted molar refractivity (Wildman–Crippen MR) is 72.7 cm³/mol. The molecule has 0 aliphatic heterocycles. The van der Waals surface area contributed by atoms with Gasteiger partial charge < -0.3 is 20.6 Å². The van der Waals surface area contributed by atoms with Crippen molar-refractivity contribution < 1.29 is 19.4 Å². The molecule has 0 radical (unpaired) electrons. The number of nitrogens with one attached hydrogen (secondary N) is 1. The van der Waals surface area contributed by atoms with Crippen molar-refractivity contribution >= 4 is 17.6 Å². The van der Waals surface area contributed by atoms with E-state index in [1.807, 2.05) is 0 Å². The van der Waals surface area contributed by atoms with Crippen molar-refractivity contribution in [2.75, 3.05) is 12.3 Å². The van der Waals surface area contributed by atoms with Gasteiger partial charge in [0.25, 0.3) is 0 Å². The lowest BCUT2D eigenvalue weighted by Crippen LogP contribution is -2.06. The van der Waals surface area contributed by atoms with E-state index in [9.17, 15) is 14.7 Å². The van der Waals surface area contributed by atoms with Crippen LogP contribution in [0.1, 0.15) is 33.3 Å². The molecule has 1 aromatic heterocycles. The van der Waals surface area contributed by atoms with E-state index in [0.29, 0.717) is 0 Å². The van der Waals surface area contributed by atoms with Gasteiger partial charge in [0.2, 0.25) is 5.78 Å². The predicted octanol–water partition coefficient (Wildman–Crippen LogP) is 1.71. The van der Waals surface area contributed by atoms with Gasteiger partial charge in [0.15, 0.2) is 0 Å². The maximum absolute atomic E-state index is 12.2. The topological polar surface area (TPSA) is 105 Å². The molecule has 2 rings (SSSR count). The number of aromatic hydroxyl groups is 1. The van der Waals surface area contributed by atoms with Crippen LogP contribution in [0.2, 0.25) is 0 Å². The van der Waals surface area contributed by atoms with Gasteiger partial charge in [0, 0.05) is 0 Å². The summed E-state index contributed by atoms with van der Waals surface area (Å²) in [4.78, 5) is 26.5. The molecule has 1 aromatic carbocycles. The average molecular weight is 274 g/mol. The molecule has 6 heteroatoms. The van der Waals surface area contributed by atoms with Gasteiger partial charge in [-0.15, -0.1) is 0 Å². The SMILES string of the molecule is CCOC(=O)c1cc(C(=O)c2ccccc2O)[nH]c1N. The number of benzene rings is 1. The number of nitrogen functional groups attached to an aromatic ring is 1. The van der Waals surface area contributed by atoms with Gasteiger partial charge in [-0.1, -0.05) is 12.1 Å². The van der Waals surface area contributed by atoms with Crippen molar-refractivity contribution in [2.45, 2.75) is 6.92 Å². The maximum Gasteiger partial charge on any atom is 0.341 e. The smallest absolute Gasteiger partial charge is 0.341 e. The molecule has 0 bridgehead atoms. The second kappa shape index (κ2) is 5.48. The van der Waals surface area contributed by atoms with Crippen LogP contribution in [-0.4, -0.2) is 28.4 Å². The van der Waals surface area contributed by atoms with Crippen LogP contribution in [0.15, 0.2) is 30.3 Å². The number of hydrogen-bond donors (Lipinski definition) is 3. The number of H-pyrrole nitrogens is 1. The zero-order chi connectivity index (χ0) is 14.7. The number of phenolic OH excluding ortho intramolecular Hbond substituents is 1. The minimum Gasteiger partial charge on any atom is -0.507 e. The molecule has 4 N–H and O–H groups in total. The zero-order valence-corrected chi connectivity index (χ0v) is 10.8. The summed E-state index contributed by atoms with van der Waals surface area (Å²) in [6.45, 7) is 1.89. The molecule has 104 valence electrons. The third kappa shape index (κ3) is 2.49. The van der Waals surface area contributed by atoms with E-state index >= 15 is 0 Å². The Hall–Kier alpha value is -2.76. The van der Waals surface area contributed by atoms with Crippen molar-refractivity contribution in [3.63, 3.8) is 0 Å². The van der Waals surface area contributed by atoms with Crippen LogP contribution in [0.4, 0.5) is 5.82 Å². The number of anilines is 1. The molecular formula is C14H14N2O4. The third-order valence-electron chi connectivity index (χ3n) is 2.74. The maximum atomic E-state index is 12.2. The number of carbonyl (C=O) groups is 2. The minimum absolute atomic E-state index is 0.0576. The Balaban J connectivity index is 2.35. The van der Waals surface area contributed by atoms with E-state index in [1.54, 1.807) is 19.1 Å². The number of phenols is 1. The quantitative estimate of drug-likeness (QED) is 0.581. The molecule has 20 heavy (non-hydrogen) atoms. The van der Waals surface area contributed by atoms with Gasteiger partial charge in [0.05, 0.1) is 17.9 Å². The molecule has 0 unspecified atom stereocenters. The van der Waals surface area contributed by atoms with Crippen LogP contribution < -0.4 is 5.73 Å². The van der Waals surface area contributed by atoms with Gasteiger partial charge in [-0.05, 0) is 25.1 Å². The Morgan fingerprint density at radius 1 is 1.30 bits per heavy atom. The van der Waals surface area contributed by atoms with Gasteiger partial charge in [-0.3, -0.25) is 4.79 Å². The fourth-order valence-corrected chi connectivity index (χ4v) is 1.78. The zero-order valence-electron chi connectivity index (χ0n) is 10.8. The molecule has 0 saturated carbocycles. The van der Waals surface area contributed by atoms with E-state index < -0.39 is 11.8 Å². The molecular weight excluding hydrogens is 260 g/mol. The Morgan fingerprint density at radius 2 is 2.00 bits per heavy atom. The number of carbonyl (C=O) groups excluding carboxylic acids is 2. The number of nitrogens with two attached hydrogens (primary N) is 1. The Bertz CT molecular complexity index is 661. The van der Waals surface area contributed by atoms with Crippen LogP contribution >= 0.6 is 0 Å². The number of ketones is 1. The van der Waals surface area contributed by atoms with Crippen LogP contribution in [0, 0.1) is 0 Å². The second-order valence-corrected chi connectivity index (χ2v) is 4.08. The fourth-order valence-electron chi connectivity index (χ4n) is 1.78. The fraction of sp³-hybridized carbons (Fsp3) is 0.143. The van der Waals surface area contributed by atoms with E-state index in [2.05, 4.69) is 4.98 Å². The van der Waals surface area contributed by atoms with Crippen molar-refractivity contribution in [1.82, 2.24) is 4.98 Å². The minimum atomic E-state index is -0.599. The summed E-state index contributed by atoms with van der Waals surface area (Å²) in [5.41, 5.74) is 6.00. The lowest BCUT2D eigenvalue weighted by molar-refractivity contribution is 0.0528. The van der Waals surface area contributed by atoms with Crippen molar-refractivity contribution in [1.29, 1.82) is 0 Å². The van der Waals surface area contributed by atoms with E-state index in [4.69, 9.17) is 10.5 Å². The lowest BCUT2D eigenvalue weighted by Gasteiger charge is -2.00. The largest absolute Gasteiger partial charge is 0.507 e. The van der Waals surface area contributed by atoms with E-state index in [1.165, 1.54) is 18.2 Å². The molecule has 0 atom stereocenters. The third-order valence-corrected chi connectivity index (χ3v) is 2.74. The highest BCUT2D eigenvalue weighted by Gasteiger charge is 2.20. The highest BCUT2D eigenvalue weighted by atomic mass is 16.5. The summed E-state index contributed by atoms with van der Waals surface area (Å²) in [5, 5.41) is 9.65. The van der Waals surface area contributed by atoms with Gasteiger partial charge >= 0.3 is 5.97 Å². The summed E-state index contributed by atoms with van der Waals surface area (Å²) < 4.78 is 4.83. The highest BCUT2D eigenvalue weighted by Crippen LogP contribution is 2.22. The molecule has 1 heterocycles. The number of aromatic nitrogens is 1. The number of esters is 1. The molecule has 0 aliphatic carbocycles. The van der Waals surface area contributed by atoms with Gasteiger partial charge in [-0.25, -0.2) is 4.79 Å². The number of para-hydroxylation sites is 1. The first-order chi connectivity index (χ1) is 9.54. The molecule has 0 saturated heterocycles. The monoisotopic (exact) mass is 274 g/mol. The van der Waals surface area contributed by atoms with Crippen LogP contribution in [-0.2, 0) is 4.74 Å². The molecule has 0 fully saturated rings. The second-order valence-electron chi connectivity index (χ2n) is 4.08. The number of aromatic amines is 1. The van der Waals surface area contributed by atoms with Crippen LogP contribution in [0.25, 0.3) is 0 Å². The standard InChI is InChI=1S/C14H14N2O4/c1-2-20-14(19)9-7-10(16-13(9)15)12(18)8-5-3-4-6-11(8)17/h3-7,16-17H,2,15H2,1H3. The Kier molecular flexibility index (Phi) is 3.74. The summed E-state index contributed by atoms with van der Waals surface area (Å²) in [6, 6.07) is 7.46. The van der Waals surface area contributed by atoms with Crippen molar-refractivity contribution in [2.24, 2.45) is 0 Å². The van der Waals surface area contributed by atoms with Crippen LogP contribution in [0.5, 0.6) is 5.75 Å². The Labute approximate surface area is 115 Å². The summed E-state index contributed by atoms with van der Waals surface area (Å²) in [6.07, 6.45) is 0. The highest BCUT2D eigenvalue weighted by molar-refractivity contribution is 6.11. The van der Waals surface area contributed by atoms with E-state index in [0.717, 1.165) is 0 Å². The lowest BCUT2D eigenvalue weighted by atomic mass is 10.1. The summed E-state index contributed by atoms with van der Waals surface area (Å²) >= 11 is 0. The van der Waals surface area contributed by atoms with Crippen molar-refractivity contribution in [3.05, 3.63) is 47.2 Å². The van der Waals surface area contributed by atoms with E-state index in [-0.39, 0.29) is 35.0 Å².